The lowest BCUT2D eigenvalue weighted by molar-refractivity contribution is 0.151. The molecule has 0 radical (unpaired) electrons. The molecule has 0 aromatic heterocycles. The number of hydrogen-bond donors (Lipinski definition) is 1. The first-order valence-electron chi connectivity index (χ1n) is 5.53. The largest absolute Gasteiger partial charge is 0.433 e. The Kier molecular flexibility index (Phi) is 3.28. The summed E-state index contributed by atoms with van der Waals surface area (Å²) in [4.78, 5) is 22.3. The van der Waals surface area contributed by atoms with Gasteiger partial charge in [0.2, 0.25) is 0 Å². The molecule has 0 spiro atoms. The number of thioether (sulfide) groups is 1. The van der Waals surface area contributed by atoms with Crippen molar-refractivity contribution < 1.29 is 9.63 Å². The Labute approximate surface area is 104 Å². The highest BCUT2D eigenvalue weighted by atomic mass is 32.2. The summed E-state index contributed by atoms with van der Waals surface area (Å²) in [6.45, 7) is 5.83. The summed E-state index contributed by atoms with van der Waals surface area (Å²) in [5.74, 6) is 0.754. The molecule has 7 heteroatoms. The molecular formula is C10H16N4O2S. The third-order valence-electron chi connectivity index (χ3n) is 2.58. The predicted molar refractivity (Wildman–Crippen MR) is 68.3 cm³/mol. The third-order valence-corrected chi connectivity index (χ3v) is 3.80. The summed E-state index contributed by atoms with van der Waals surface area (Å²) in [7, 11) is 1.50. The SMILES string of the molecule is CNC(=O)ON=C1N2CCCN=C2SC1(C)C. The van der Waals surface area contributed by atoms with Crippen molar-refractivity contribution in [1.82, 2.24) is 10.2 Å². The summed E-state index contributed by atoms with van der Waals surface area (Å²) in [6.07, 6.45) is 0.444. The van der Waals surface area contributed by atoms with Crippen LogP contribution in [0.5, 0.6) is 0 Å². The number of nitrogens with zero attached hydrogens (tertiary/aromatic N) is 3. The van der Waals surface area contributed by atoms with Crippen LogP contribution in [-0.2, 0) is 4.84 Å². The number of amidine groups is 2. The average Bonchev–Trinajstić information content (AvgIpc) is 2.56. The van der Waals surface area contributed by atoms with Gasteiger partial charge >= 0.3 is 6.09 Å². The van der Waals surface area contributed by atoms with E-state index in [2.05, 4.69) is 15.5 Å². The van der Waals surface area contributed by atoms with Crippen LogP contribution in [0.15, 0.2) is 10.1 Å². The maximum atomic E-state index is 11.0. The first kappa shape index (κ1) is 12.2. The predicted octanol–water partition coefficient (Wildman–Crippen LogP) is 1.24. The van der Waals surface area contributed by atoms with Crippen molar-refractivity contribution in [3.05, 3.63) is 0 Å². The second kappa shape index (κ2) is 4.56. The third kappa shape index (κ3) is 2.38. The van der Waals surface area contributed by atoms with E-state index in [1.165, 1.54) is 7.05 Å². The van der Waals surface area contributed by atoms with Gasteiger partial charge in [-0.05, 0) is 20.3 Å². The van der Waals surface area contributed by atoms with E-state index < -0.39 is 6.09 Å². The molecule has 1 N–H and O–H groups in total. The number of hydrogen-bond acceptors (Lipinski definition) is 5. The van der Waals surface area contributed by atoms with Crippen molar-refractivity contribution in [2.24, 2.45) is 10.1 Å². The van der Waals surface area contributed by atoms with Gasteiger partial charge in [-0.25, -0.2) is 4.79 Å². The van der Waals surface area contributed by atoms with E-state index in [-0.39, 0.29) is 4.75 Å². The van der Waals surface area contributed by atoms with Gasteiger partial charge in [0.05, 0.1) is 4.75 Å². The number of oxime groups is 1. The smallest absolute Gasteiger partial charge is 0.323 e. The molecule has 2 heterocycles. The van der Waals surface area contributed by atoms with Gasteiger partial charge in [0.1, 0.15) is 0 Å². The molecular weight excluding hydrogens is 240 g/mol. The molecule has 6 nitrogen and oxygen atoms in total. The maximum Gasteiger partial charge on any atom is 0.433 e. The molecule has 0 unspecified atom stereocenters. The summed E-state index contributed by atoms with van der Waals surface area (Å²) in [5.41, 5.74) is 0. The quantitative estimate of drug-likeness (QED) is 0.566. The number of aliphatic imine (C=N–C) groups is 1. The Hall–Kier alpha value is -1.24. The zero-order chi connectivity index (χ0) is 12.5. The fraction of sp³-hybridized carbons (Fsp3) is 0.700. The molecule has 2 aliphatic heterocycles. The number of nitrogens with one attached hydrogen (secondary N) is 1. The van der Waals surface area contributed by atoms with Crippen molar-refractivity contribution in [3.63, 3.8) is 0 Å². The zero-order valence-corrected chi connectivity index (χ0v) is 11.0. The molecule has 0 aliphatic carbocycles. The summed E-state index contributed by atoms with van der Waals surface area (Å²) < 4.78 is -0.211. The van der Waals surface area contributed by atoms with Crippen LogP contribution in [-0.4, -0.2) is 46.9 Å². The highest BCUT2D eigenvalue weighted by Crippen LogP contribution is 2.38. The normalized spacial score (nSPS) is 24.3. The highest BCUT2D eigenvalue weighted by Gasteiger charge is 2.43. The standard InChI is InChI=1S/C10H16N4O2S/c1-10(2)7(13-16-9(15)11-3)14-6-4-5-12-8(14)17-10/h4-6H2,1-3H3,(H,11,15). The van der Waals surface area contributed by atoms with Crippen LogP contribution in [0, 0.1) is 0 Å². The number of rotatable bonds is 1. The van der Waals surface area contributed by atoms with Crippen LogP contribution >= 0.6 is 11.8 Å². The number of carbonyl (C=O) groups is 1. The van der Waals surface area contributed by atoms with Gasteiger partial charge in [-0.15, -0.1) is 0 Å². The van der Waals surface area contributed by atoms with Crippen molar-refractivity contribution >= 4 is 28.9 Å². The molecule has 1 saturated heterocycles. The number of fused-ring (bicyclic) bond motifs is 1. The molecule has 1 amide bonds. The fourth-order valence-corrected chi connectivity index (χ4v) is 2.90. The molecule has 2 aliphatic rings. The topological polar surface area (TPSA) is 66.3 Å². The van der Waals surface area contributed by atoms with Gasteiger partial charge in [-0.3, -0.25) is 9.83 Å². The first-order valence-corrected chi connectivity index (χ1v) is 6.34. The van der Waals surface area contributed by atoms with Gasteiger partial charge in [-0.2, -0.15) is 0 Å². The van der Waals surface area contributed by atoms with E-state index in [0.29, 0.717) is 0 Å². The Morgan fingerprint density at radius 3 is 3.12 bits per heavy atom. The summed E-state index contributed by atoms with van der Waals surface area (Å²) in [5, 5.41) is 7.30. The summed E-state index contributed by atoms with van der Waals surface area (Å²) >= 11 is 1.65. The van der Waals surface area contributed by atoms with Crippen molar-refractivity contribution in [2.45, 2.75) is 25.0 Å². The van der Waals surface area contributed by atoms with Gasteiger partial charge < -0.3 is 10.2 Å². The van der Waals surface area contributed by atoms with Crippen LogP contribution in [0.2, 0.25) is 0 Å². The molecule has 2 rings (SSSR count). The van der Waals surface area contributed by atoms with Gasteiger partial charge in [-0.1, -0.05) is 16.9 Å². The Balaban J connectivity index is 2.21. The van der Waals surface area contributed by atoms with Gasteiger partial charge in [0.15, 0.2) is 11.0 Å². The van der Waals surface area contributed by atoms with E-state index >= 15 is 0 Å². The minimum absolute atomic E-state index is 0.211. The zero-order valence-electron chi connectivity index (χ0n) is 10.2. The molecule has 0 atom stereocenters. The second-order valence-corrected chi connectivity index (χ2v) is 5.92. The monoisotopic (exact) mass is 256 g/mol. The molecule has 0 aromatic carbocycles. The maximum absolute atomic E-state index is 11.0. The molecule has 0 saturated carbocycles. The molecule has 94 valence electrons. The lowest BCUT2D eigenvalue weighted by Crippen LogP contribution is -2.39. The van der Waals surface area contributed by atoms with Crippen LogP contribution in [0.1, 0.15) is 20.3 Å². The fourth-order valence-electron chi connectivity index (χ4n) is 1.76. The van der Waals surface area contributed by atoms with Crippen LogP contribution in [0.25, 0.3) is 0 Å². The van der Waals surface area contributed by atoms with Gasteiger partial charge in [0.25, 0.3) is 0 Å². The number of amides is 1. The lowest BCUT2D eigenvalue weighted by atomic mass is 10.1. The van der Waals surface area contributed by atoms with E-state index in [1.54, 1.807) is 11.8 Å². The second-order valence-electron chi connectivity index (χ2n) is 4.33. The van der Waals surface area contributed by atoms with E-state index in [0.717, 1.165) is 30.5 Å². The van der Waals surface area contributed by atoms with Crippen LogP contribution in [0.4, 0.5) is 4.79 Å². The van der Waals surface area contributed by atoms with E-state index in [4.69, 9.17) is 4.84 Å². The molecule has 0 aromatic rings. The highest BCUT2D eigenvalue weighted by molar-refractivity contribution is 8.16. The first-order chi connectivity index (χ1) is 8.04. The number of carbonyl (C=O) groups excluding carboxylic acids is 1. The minimum Gasteiger partial charge on any atom is -0.323 e. The van der Waals surface area contributed by atoms with Crippen molar-refractivity contribution in [1.29, 1.82) is 0 Å². The van der Waals surface area contributed by atoms with Crippen molar-refractivity contribution in [2.75, 3.05) is 20.1 Å². The molecule has 1 fully saturated rings. The minimum atomic E-state index is -0.555. The summed E-state index contributed by atoms with van der Waals surface area (Å²) in [6, 6.07) is 0. The van der Waals surface area contributed by atoms with E-state index in [9.17, 15) is 4.79 Å². The van der Waals surface area contributed by atoms with Crippen molar-refractivity contribution in [3.8, 4) is 0 Å². The Bertz CT molecular complexity index is 392. The lowest BCUT2D eigenvalue weighted by Gasteiger charge is -2.23. The average molecular weight is 256 g/mol. The Morgan fingerprint density at radius 1 is 1.65 bits per heavy atom. The van der Waals surface area contributed by atoms with Crippen LogP contribution < -0.4 is 5.32 Å². The van der Waals surface area contributed by atoms with E-state index in [1.807, 2.05) is 18.7 Å². The van der Waals surface area contributed by atoms with Gasteiger partial charge in [0, 0.05) is 20.1 Å². The Morgan fingerprint density at radius 2 is 2.41 bits per heavy atom. The molecule has 0 bridgehead atoms. The molecule has 17 heavy (non-hydrogen) atoms. The van der Waals surface area contributed by atoms with Crippen LogP contribution in [0.3, 0.4) is 0 Å².